The van der Waals surface area contributed by atoms with Crippen LogP contribution in [0.4, 0.5) is 5.69 Å². The van der Waals surface area contributed by atoms with E-state index in [-0.39, 0.29) is 15.3 Å². The number of halogens is 1. The van der Waals surface area contributed by atoms with Gasteiger partial charge in [-0.3, -0.25) is 4.79 Å². The molecule has 120 valence electrons. The highest BCUT2D eigenvalue weighted by Crippen LogP contribution is 2.38. The van der Waals surface area contributed by atoms with Crippen molar-refractivity contribution in [3.05, 3.63) is 51.5 Å². The van der Waals surface area contributed by atoms with E-state index in [1.54, 1.807) is 29.6 Å². The van der Waals surface area contributed by atoms with E-state index in [1.807, 2.05) is 0 Å². The molecule has 0 fully saturated rings. The average Bonchev–Trinajstić information content (AvgIpc) is 2.98. The van der Waals surface area contributed by atoms with Crippen LogP contribution in [-0.2, 0) is 14.8 Å². The van der Waals surface area contributed by atoms with Crippen LogP contribution in [0, 0.1) is 0 Å². The van der Waals surface area contributed by atoms with E-state index >= 15 is 0 Å². The number of aliphatic hydroxyl groups is 1. The number of nitrogens with one attached hydrogen (secondary N) is 1. The number of carbonyl (C=O) groups is 1. The third kappa shape index (κ3) is 2.58. The lowest BCUT2D eigenvalue weighted by atomic mass is 10.2. The summed E-state index contributed by atoms with van der Waals surface area (Å²) in [4.78, 5) is 12.7. The third-order valence-corrected chi connectivity index (χ3v) is 6.45. The van der Waals surface area contributed by atoms with E-state index in [4.69, 9.17) is 11.6 Å². The van der Waals surface area contributed by atoms with Crippen molar-refractivity contribution < 1.29 is 18.3 Å². The molecule has 0 atom stereocenters. The predicted octanol–water partition coefficient (Wildman–Crippen LogP) is 2.90. The van der Waals surface area contributed by atoms with Gasteiger partial charge in [-0.15, -0.1) is 11.3 Å². The summed E-state index contributed by atoms with van der Waals surface area (Å²) in [6.45, 7) is 0. The van der Waals surface area contributed by atoms with Gasteiger partial charge in [0, 0.05) is 17.8 Å². The zero-order valence-corrected chi connectivity index (χ0v) is 14.2. The van der Waals surface area contributed by atoms with Crippen LogP contribution in [0.1, 0.15) is 4.88 Å². The molecule has 2 aromatic rings. The number of rotatable bonds is 2. The second kappa shape index (κ2) is 5.55. The number of anilines is 1. The standard InChI is InChI=1S/C14H11ClN2O4S2/c1-17-14(19)11(12-10(6-7-22-12)23(17,20)21)13(18)16-9-4-2-8(15)3-5-9/h2-7,19H,1H3,(H,16,18). The summed E-state index contributed by atoms with van der Waals surface area (Å²) in [5.41, 5.74) is 0.399. The monoisotopic (exact) mass is 370 g/mol. The molecule has 0 saturated carbocycles. The molecule has 1 amide bonds. The predicted molar refractivity (Wildman–Crippen MR) is 88.9 cm³/mol. The number of amides is 1. The molecule has 1 aliphatic rings. The van der Waals surface area contributed by atoms with Gasteiger partial charge in [-0.1, -0.05) is 11.6 Å². The van der Waals surface area contributed by atoms with Crippen LogP contribution < -0.4 is 5.32 Å². The second-order valence-corrected chi connectivity index (χ2v) is 8.04. The first kappa shape index (κ1) is 15.9. The maximum absolute atomic E-state index is 12.5. The Kier molecular flexibility index (Phi) is 3.83. The fourth-order valence-electron chi connectivity index (χ4n) is 2.13. The highest BCUT2D eigenvalue weighted by Gasteiger charge is 2.38. The van der Waals surface area contributed by atoms with Crippen LogP contribution in [0.25, 0.3) is 5.57 Å². The fraction of sp³-hybridized carbons (Fsp3) is 0.0714. The minimum atomic E-state index is -3.83. The van der Waals surface area contributed by atoms with E-state index in [9.17, 15) is 18.3 Å². The summed E-state index contributed by atoms with van der Waals surface area (Å²) < 4.78 is 25.2. The Morgan fingerprint density at radius 2 is 1.91 bits per heavy atom. The minimum Gasteiger partial charge on any atom is -0.493 e. The van der Waals surface area contributed by atoms with Crippen molar-refractivity contribution in [3.8, 4) is 0 Å². The number of nitrogens with zero attached hydrogens (tertiary/aromatic N) is 1. The molecule has 0 radical (unpaired) electrons. The number of hydrogen-bond acceptors (Lipinski definition) is 5. The van der Waals surface area contributed by atoms with Gasteiger partial charge in [-0.2, -0.15) is 0 Å². The molecule has 2 N–H and O–H groups in total. The number of sulfonamides is 1. The molecule has 0 bridgehead atoms. The smallest absolute Gasteiger partial charge is 0.267 e. The second-order valence-electron chi connectivity index (χ2n) is 4.75. The van der Waals surface area contributed by atoms with Gasteiger partial charge in [0.25, 0.3) is 15.9 Å². The van der Waals surface area contributed by atoms with Gasteiger partial charge in [0.05, 0.1) is 4.88 Å². The summed E-state index contributed by atoms with van der Waals surface area (Å²) in [5, 5.41) is 14.9. The van der Waals surface area contributed by atoms with Crippen molar-refractivity contribution in [1.82, 2.24) is 4.31 Å². The zero-order valence-electron chi connectivity index (χ0n) is 11.8. The Morgan fingerprint density at radius 3 is 2.57 bits per heavy atom. The normalized spacial score (nSPS) is 16.2. The number of carbonyl (C=O) groups excluding carboxylic acids is 1. The van der Waals surface area contributed by atoms with Crippen LogP contribution in [0.3, 0.4) is 0 Å². The van der Waals surface area contributed by atoms with Crippen LogP contribution in [-0.4, -0.2) is 30.8 Å². The molecule has 23 heavy (non-hydrogen) atoms. The average molecular weight is 371 g/mol. The van der Waals surface area contributed by atoms with Gasteiger partial charge in [0.15, 0.2) is 0 Å². The van der Waals surface area contributed by atoms with E-state index in [0.717, 1.165) is 11.3 Å². The van der Waals surface area contributed by atoms with E-state index in [2.05, 4.69) is 5.32 Å². The molecule has 9 heteroatoms. The molecule has 0 unspecified atom stereocenters. The topological polar surface area (TPSA) is 86.7 Å². The molecule has 1 aliphatic heterocycles. The molecule has 2 heterocycles. The van der Waals surface area contributed by atoms with E-state index in [0.29, 0.717) is 15.0 Å². The van der Waals surface area contributed by atoms with Crippen LogP contribution in [0.2, 0.25) is 5.02 Å². The lowest BCUT2D eigenvalue weighted by Crippen LogP contribution is -2.33. The van der Waals surface area contributed by atoms with Crippen LogP contribution >= 0.6 is 22.9 Å². The molecule has 3 rings (SSSR count). The van der Waals surface area contributed by atoms with Gasteiger partial charge >= 0.3 is 0 Å². The van der Waals surface area contributed by atoms with Gasteiger partial charge < -0.3 is 10.4 Å². The van der Waals surface area contributed by atoms with Gasteiger partial charge in [-0.25, -0.2) is 12.7 Å². The van der Waals surface area contributed by atoms with Gasteiger partial charge in [0.2, 0.25) is 5.88 Å². The number of aliphatic hydroxyl groups excluding tert-OH is 1. The Balaban J connectivity index is 2.03. The lowest BCUT2D eigenvalue weighted by molar-refractivity contribution is -0.111. The molecule has 1 aromatic carbocycles. The summed E-state index contributed by atoms with van der Waals surface area (Å²) in [5.74, 6) is -1.21. The SMILES string of the molecule is CN1C(O)=C(C(=O)Nc2ccc(Cl)cc2)c2sccc2S1(=O)=O. The molecule has 6 nitrogen and oxygen atoms in total. The number of fused-ring (bicyclic) bond motifs is 1. The Labute approximate surface area is 141 Å². The molecule has 0 spiro atoms. The number of thiophene rings is 1. The number of benzene rings is 1. The molecule has 0 aliphatic carbocycles. The first-order valence-corrected chi connectivity index (χ1v) is 9.09. The molecule has 0 saturated heterocycles. The van der Waals surface area contributed by atoms with Gasteiger partial charge in [-0.05, 0) is 35.7 Å². The van der Waals surface area contributed by atoms with Crippen molar-refractivity contribution in [2.75, 3.05) is 12.4 Å². The maximum Gasteiger partial charge on any atom is 0.267 e. The molecule has 1 aromatic heterocycles. The summed E-state index contributed by atoms with van der Waals surface area (Å²) in [7, 11) is -2.64. The lowest BCUT2D eigenvalue weighted by Gasteiger charge is -2.25. The Hall–Kier alpha value is -2.03. The maximum atomic E-state index is 12.5. The summed E-state index contributed by atoms with van der Waals surface area (Å²) >= 11 is 6.87. The van der Waals surface area contributed by atoms with Crippen molar-refractivity contribution in [1.29, 1.82) is 0 Å². The Bertz CT molecular complexity index is 917. The van der Waals surface area contributed by atoms with Crippen molar-refractivity contribution >= 4 is 50.1 Å². The minimum absolute atomic E-state index is 0.00376. The first-order valence-electron chi connectivity index (χ1n) is 6.39. The number of hydrogen-bond donors (Lipinski definition) is 2. The summed E-state index contributed by atoms with van der Waals surface area (Å²) in [6.07, 6.45) is 0. The van der Waals surface area contributed by atoms with Crippen LogP contribution in [0.15, 0.2) is 46.5 Å². The molecular weight excluding hydrogens is 360 g/mol. The Morgan fingerprint density at radius 1 is 1.26 bits per heavy atom. The first-order chi connectivity index (χ1) is 10.8. The fourth-order valence-corrected chi connectivity index (χ4v) is 4.82. The third-order valence-electron chi connectivity index (χ3n) is 3.35. The van der Waals surface area contributed by atoms with Crippen molar-refractivity contribution in [2.24, 2.45) is 0 Å². The van der Waals surface area contributed by atoms with Crippen molar-refractivity contribution in [2.45, 2.75) is 4.90 Å². The zero-order chi connectivity index (χ0) is 16.8. The van der Waals surface area contributed by atoms with Crippen LogP contribution in [0.5, 0.6) is 0 Å². The highest BCUT2D eigenvalue weighted by atomic mass is 35.5. The summed E-state index contributed by atoms with van der Waals surface area (Å²) in [6, 6.07) is 7.85. The van der Waals surface area contributed by atoms with E-state index < -0.39 is 21.8 Å². The van der Waals surface area contributed by atoms with Crippen molar-refractivity contribution in [3.63, 3.8) is 0 Å². The molecular formula is C14H11ClN2O4S2. The highest BCUT2D eigenvalue weighted by molar-refractivity contribution is 7.89. The van der Waals surface area contributed by atoms with Gasteiger partial charge in [0.1, 0.15) is 10.5 Å². The quantitative estimate of drug-likeness (QED) is 0.850. The largest absolute Gasteiger partial charge is 0.493 e. The van der Waals surface area contributed by atoms with E-state index in [1.165, 1.54) is 13.1 Å².